The van der Waals surface area contributed by atoms with Gasteiger partial charge in [0.2, 0.25) is 11.8 Å². The number of nitrogens with zero attached hydrogens (tertiary/aromatic N) is 2. The molecule has 0 spiro atoms. The van der Waals surface area contributed by atoms with Crippen molar-refractivity contribution in [1.29, 1.82) is 0 Å². The van der Waals surface area contributed by atoms with Crippen molar-refractivity contribution < 1.29 is 24.3 Å². The number of fused-ring (bicyclic) bond motifs is 1. The molecule has 1 aromatic carbocycles. The van der Waals surface area contributed by atoms with Crippen molar-refractivity contribution in [3.8, 4) is 0 Å². The van der Waals surface area contributed by atoms with Gasteiger partial charge in [-0.3, -0.25) is 34.3 Å². The molecule has 29 heavy (non-hydrogen) atoms. The molecular weight excluding hydrogens is 376 g/mol. The van der Waals surface area contributed by atoms with E-state index in [-0.39, 0.29) is 25.5 Å². The summed E-state index contributed by atoms with van der Waals surface area (Å²) in [6, 6.07) is 4.17. The van der Waals surface area contributed by atoms with Crippen LogP contribution in [0, 0.1) is 0 Å². The zero-order valence-electron chi connectivity index (χ0n) is 16.0. The molecule has 9 heteroatoms. The highest BCUT2D eigenvalue weighted by Gasteiger charge is 2.45. The fourth-order valence-corrected chi connectivity index (χ4v) is 4.30. The number of amides is 4. The SMILES string of the molecule is O=C1CCC(N2C(=O)c3cccc(CN4CCCNC(CO)C4)c3C2=O)C(=O)N1. The van der Waals surface area contributed by atoms with E-state index in [1.165, 1.54) is 0 Å². The highest BCUT2D eigenvalue weighted by Crippen LogP contribution is 2.30. The molecule has 3 aliphatic heterocycles. The summed E-state index contributed by atoms with van der Waals surface area (Å²) in [6.07, 6.45) is 1.15. The minimum Gasteiger partial charge on any atom is -0.395 e. The van der Waals surface area contributed by atoms with Gasteiger partial charge in [0.05, 0.1) is 17.7 Å². The topological polar surface area (TPSA) is 119 Å². The van der Waals surface area contributed by atoms with Crippen LogP contribution in [0.1, 0.15) is 45.5 Å². The van der Waals surface area contributed by atoms with E-state index in [9.17, 15) is 24.3 Å². The summed E-state index contributed by atoms with van der Waals surface area (Å²) in [5.41, 5.74) is 1.36. The van der Waals surface area contributed by atoms with Crippen LogP contribution in [0.15, 0.2) is 18.2 Å². The first-order valence-corrected chi connectivity index (χ1v) is 9.89. The second-order valence-electron chi connectivity index (χ2n) is 7.71. The minimum absolute atomic E-state index is 0.0318. The van der Waals surface area contributed by atoms with Crippen molar-refractivity contribution in [2.75, 3.05) is 26.2 Å². The van der Waals surface area contributed by atoms with Gasteiger partial charge in [0, 0.05) is 25.6 Å². The van der Waals surface area contributed by atoms with Gasteiger partial charge in [-0.25, -0.2) is 0 Å². The Bertz CT molecular complexity index is 870. The van der Waals surface area contributed by atoms with E-state index in [0.717, 1.165) is 30.0 Å². The number of benzene rings is 1. The summed E-state index contributed by atoms with van der Waals surface area (Å²) in [7, 11) is 0. The van der Waals surface area contributed by atoms with E-state index in [0.29, 0.717) is 24.2 Å². The molecule has 0 saturated carbocycles. The van der Waals surface area contributed by atoms with Crippen molar-refractivity contribution in [2.45, 2.75) is 37.9 Å². The maximum Gasteiger partial charge on any atom is 0.262 e. The summed E-state index contributed by atoms with van der Waals surface area (Å²) in [4.78, 5) is 52.9. The number of rotatable bonds is 4. The molecule has 2 fully saturated rings. The zero-order valence-corrected chi connectivity index (χ0v) is 16.0. The van der Waals surface area contributed by atoms with Crippen molar-refractivity contribution in [3.05, 3.63) is 34.9 Å². The lowest BCUT2D eigenvalue weighted by molar-refractivity contribution is -0.136. The molecule has 0 aliphatic carbocycles. The highest BCUT2D eigenvalue weighted by atomic mass is 16.3. The van der Waals surface area contributed by atoms with E-state index < -0.39 is 29.7 Å². The fraction of sp³-hybridized carbons (Fsp3) is 0.500. The van der Waals surface area contributed by atoms with Gasteiger partial charge < -0.3 is 10.4 Å². The molecule has 4 rings (SSSR count). The minimum atomic E-state index is -0.964. The van der Waals surface area contributed by atoms with Crippen LogP contribution in [0.25, 0.3) is 0 Å². The second kappa shape index (κ2) is 8.02. The van der Waals surface area contributed by atoms with Gasteiger partial charge >= 0.3 is 0 Å². The van der Waals surface area contributed by atoms with Crippen molar-refractivity contribution in [2.24, 2.45) is 0 Å². The van der Waals surface area contributed by atoms with Crippen LogP contribution in [0.3, 0.4) is 0 Å². The Morgan fingerprint density at radius 1 is 1.14 bits per heavy atom. The molecule has 9 nitrogen and oxygen atoms in total. The van der Waals surface area contributed by atoms with Crippen LogP contribution >= 0.6 is 0 Å². The number of carbonyl (C=O) groups is 4. The fourth-order valence-electron chi connectivity index (χ4n) is 4.30. The quantitative estimate of drug-likeness (QED) is 0.569. The van der Waals surface area contributed by atoms with E-state index in [1.807, 2.05) is 6.07 Å². The maximum atomic E-state index is 13.2. The van der Waals surface area contributed by atoms with E-state index >= 15 is 0 Å². The van der Waals surface area contributed by atoms with Crippen molar-refractivity contribution in [1.82, 2.24) is 20.4 Å². The number of hydrogen-bond donors (Lipinski definition) is 3. The lowest BCUT2D eigenvalue weighted by Crippen LogP contribution is -2.54. The average molecular weight is 400 g/mol. The average Bonchev–Trinajstić information content (AvgIpc) is 2.85. The first kappa shape index (κ1) is 19.7. The number of piperidine rings is 1. The Hall–Kier alpha value is -2.62. The standard InChI is InChI=1S/C20H24N4O5/c25-11-13-10-23(8-2-7-21-13)9-12-3-1-4-14-17(12)20(29)24(19(14)28)15-5-6-16(26)22-18(15)27/h1,3-4,13,15,21,25H,2,5-11H2,(H,22,26,27). The molecular formula is C20H24N4O5. The first-order chi connectivity index (χ1) is 14.0. The largest absolute Gasteiger partial charge is 0.395 e. The molecule has 0 aromatic heterocycles. The van der Waals surface area contributed by atoms with Gasteiger partial charge in [-0.2, -0.15) is 0 Å². The predicted octanol–water partition coefficient (Wildman–Crippen LogP) is -0.756. The monoisotopic (exact) mass is 400 g/mol. The summed E-state index contributed by atoms with van der Waals surface area (Å²) >= 11 is 0. The lowest BCUT2D eigenvalue weighted by Gasteiger charge is -2.28. The molecule has 154 valence electrons. The Kier molecular flexibility index (Phi) is 5.44. The predicted molar refractivity (Wildman–Crippen MR) is 102 cm³/mol. The summed E-state index contributed by atoms with van der Waals surface area (Å²) in [5.74, 6) is -1.98. The van der Waals surface area contributed by atoms with E-state index in [4.69, 9.17) is 0 Å². The third kappa shape index (κ3) is 3.68. The number of nitrogens with one attached hydrogen (secondary N) is 2. The molecule has 2 saturated heterocycles. The van der Waals surface area contributed by atoms with Crippen LogP contribution in [0.5, 0.6) is 0 Å². The Morgan fingerprint density at radius 3 is 2.72 bits per heavy atom. The molecule has 2 atom stereocenters. The van der Waals surface area contributed by atoms with Gasteiger partial charge in [-0.1, -0.05) is 12.1 Å². The third-order valence-electron chi connectivity index (χ3n) is 5.73. The molecule has 4 amide bonds. The Balaban J connectivity index is 1.59. The zero-order chi connectivity index (χ0) is 20.5. The molecule has 3 heterocycles. The Labute approximate surface area is 168 Å². The summed E-state index contributed by atoms with van der Waals surface area (Å²) < 4.78 is 0. The summed E-state index contributed by atoms with van der Waals surface area (Å²) in [6.45, 7) is 2.77. The maximum absolute atomic E-state index is 13.2. The Morgan fingerprint density at radius 2 is 1.97 bits per heavy atom. The lowest BCUT2D eigenvalue weighted by atomic mass is 10.0. The van der Waals surface area contributed by atoms with Crippen molar-refractivity contribution in [3.63, 3.8) is 0 Å². The van der Waals surface area contributed by atoms with Gasteiger partial charge in [0.25, 0.3) is 11.8 Å². The highest BCUT2D eigenvalue weighted by molar-refractivity contribution is 6.24. The van der Waals surface area contributed by atoms with Crippen LogP contribution in [-0.4, -0.2) is 76.9 Å². The van der Waals surface area contributed by atoms with Crippen LogP contribution < -0.4 is 10.6 Å². The molecule has 0 bridgehead atoms. The van der Waals surface area contributed by atoms with E-state index in [1.54, 1.807) is 12.1 Å². The number of hydrogen-bond acceptors (Lipinski definition) is 7. The number of aliphatic hydroxyl groups excluding tert-OH is 1. The summed E-state index contributed by atoms with van der Waals surface area (Å²) in [5, 5.41) is 15.0. The number of imide groups is 2. The van der Waals surface area contributed by atoms with Crippen LogP contribution in [0.2, 0.25) is 0 Å². The molecule has 1 aromatic rings. The first-order valence-electron chi connectivity index (χ1n) is 9.89. The molecule has 3 N–H and O–H groups in total. The van der Waals surface area contributed by atoms with E-state index in [2.05, 4.69) is 15.5 Å². The molecule has 2 unspecified atom stereocenters. The van der Waals surface area contributed by atoms with Gasteiger partial charge in [0.15, 0.2) is 0 Å². The van der Waals surface area contributed by atoms with Crippen LogP contribution in [0.4, 0.5) is 0 Å². The van der Waals surface area contributed by atoms with Crippen LogP contribution in [-0.2, 0) is 16.1 Å². The molecule has 3 aliphatic rings. The molecule has 0 radical (unpaired) electrons. The smallest absolute Gasteiger partial charge is 0.262 e. The second-order valence-corrected chi connectivity index (χ2v) is 7.71. The normalized spacial score (nSPS) is 25.8. The van der Waals surface area contributed by atoms with Gasteiger partial charge in [0.1, 0.15) is 6.04 Å². The van der Waals surface area contributed by atoms with Gasteiger partial charge in [-0.15, -0.1) is 0 Å². The number of aliphatic hydroxyl groups is 1. The van der Waals surface area contributed by atoms with Crippen molar-refractivity contribution >= 4 is 23.6 Å². The van der Waals surface area contributed by atoms with Gasteiger partial charge in [-0.05, 0) is 37.6 Å². The number of carbonyl (C=O) groups excluding carboxylic acids is 4. The third-order valence-corrected chi connectivity index (χ3v) is 5.73.